The first-order valence-electron chi connectivity index (χ1n) is 10.7. The van der Waals surface area contributed by atoms with Gasteiger partial charge in [0.25, 0.3) is 0 Å². The minimum Gasteiger partial charge on any atom is -0.493 e. The standard InChI is InChI=1S/C24H28FNO6/c1-4-30-22-8-5-16(12-23(27)28)11-19(22)17-6-7-21(25)18-9-10-26(13-20(17)18)32-24(29)31-14-15(2)3/h5-8,11,15H,4,9-10,12-14H2,1-3H3,(H,27,28). The molecule has 7 nitrogen and oxygen atoms in total. The smallest absolute Gasteiger partial charge is 0.493 e. The maximum atomic E-state index is 14.6. The minimum atomic E-state index is -0.944. The molecule has 1 heterocycles. The summed E-state index contributed by atoms with van der Waals surface area (Å²) in [5.41, 5.74) is 3.20. The van der Waals surface area contributed by atoms with Gasteiger partial charge in [-0.05, 0) is 59.7 Å². The molecule has 2 aromatic carbocycles. The van der Waals surface area contributed by atoms with Gasteiger partial charge in [0, 0.05) is 12.1 Å². The van der Waals surface area contributed by atoms with Gasteiger partial charge in [-0.3, -0.25) is 4.79 Å². The number of ether oxygens (including phenoxy) is 2. The second-order valence-electron chi connectivity index (χ2n) is 8.05. The Balaban J connectivity index is 1.95. The fourth-order valence-corrected chi connectivity index (χ4v) is 3.66. The first-order chi connectivity index (χ1) is 15.3. The lowest BCUT2D eigenvalue weighted by molar-refractivity contribution is -0.139. The largest absolute Gasteiger partial charge is 0.527 e. The quantitative estimate of drug-likeness (QED) is 0.595. The van der Waals surface area contributed by atoms with Crippen molar-refractivity contribution in [3.8, 4) is 16.9 Å². The van der Waals surface area contributed by atoms with E-state index in [-0.39, 0.29) is 31.3 Å². The lowest BCUT2D eigenvalue weighted by atomic mass is 9.90. The molecule has 1 aliphatic rings. The molecule has 0 saturated heterocycles. The van der Waals surface area contributed by atoms with E-state index in [2.05, 4.69) is 0 Å². The highest BCUT2D eigenvalue weighted by Gasteiger charge is 2.26. The summed E-state index contributed by atoms with van der Waals surface area (Å²) in [6.45, 7) is 6.88. The van der Waals surface area contributed by atoms with Crippen LogP contribution in [0.3, 0.4) is 0 Å². The minimum absolute atomic E-state index is 0.139. The number of benzene rings is 2. The van der Waals surface area contributed by atoms with E-state index < -0.39 is 12.1 Å². The molecule has 2 aromatic rings. The van der Waals surface area contributed by atoms with E-state index in [0.29, 0.717) is 53.1 Å². The second kappa shape index (κ2) is 10.5. The van der Waals surface area contributed by atoms with Crippen molar-refractivity contribution >= 4 is 12.1 Å². The molecule has 3 rings (SSSR count). The number of carboxylic acid groups (broad SMARTS) is 1. The molecule has 0 unspecified atom stereocenters. The van der Waals surface area contributed by atoms with E-state index in [1.54, 1.807) is 24.3 Å². The summed E-state index contributed by atoms with van der Waals surface area (Å²) in [6.07, 6.45) is -0.580. The highest BCUT2D eigenvalue weighted by atomic mass is 19.1. The monoisotopic (exact) mass is 445 g/mol. The molecule has 0 saturated carbocycles. The lowest BCUT2D eigenvalue weighted by Gasteiger charge is -2.29. The Bertz CT molecular complexity index is 991. The van der Waals surface area contributed by atoms with Crippen LogP contribution in [0.25, 0.3) is 11.1 Å². The van der Waals surface area contributed by atoms with Gasteiger partial charge in [-0.15, -0.1) is 5.06 Å². The zero-order chi connectivity index (χ0) is 23.3. The summed E-state index contributed by atoms with van der Waals surface area (Å²) in [6, 6.07) is 8.24. The fraction of sp³-hybridized carbons (Fsp3) is 0.417. The van der Waals surface area contributed by atoms with Crippen molar-refractivity contribution in [1.29, 1.82) is 0 Å². The number of hydrogen-bond donors (Lipinski definition) is 1. The molecule has 0 fully saturated rings. The van der Waals surface area contributed by atoms with Crippen LogP contribution in [-0.2, 0) is 33.8 Å². The van der Waals surface area contributed by atoms with Gasteiger partial charge in [0.05, 0.1) is 26.2 Å². The van der Waals surface area contributed by atoms with Crippen LogP contribution in [0.1, 0.15) is 37.5 Å². The zero-order valence-corrected chi connectivity index (χ0v) is 18.5. The number of carboxylic acids is 1. The molecule has 0 atom stereocenters. The summed E-state index contributed by atoms with van der Waals surface area (Å²) in [5.74, 6) is -0.517. The van der Waals surface area contributed by atoms with Gasteiger partial charge >= 0.3 is 12.1 Å². The van der Waals surface area contributed by atoms with E-state index in [4.69, 9.17) is 14.3 Å². The first-order valence-corrected chi connectivity index (χ1v) is 10.7. The molecule has 8 heteroatoms. The van der Waals surface area contributed by atoms with Gasteiger partial charge in [-0.1, -0.05) is 26.0 Å². The zero-order valence-electron chi connectivity index (χ0n) is 18.5. The third-order valence-corrected chi connectivity index (χ3v) is 5.05. The van der Waals surface area contributed by atoms with Crippen molar-refractivity contribution in [3.63, 3.8) is 0 Å². The number of halogens is 1. The van der Waals surface area contributed by atoms with Crippen molar-refractivity contribution in [3.05, 3.63) is 52.8 Å². The van der Waals surface area contributed by atoms with Crippen molar-refractivity contribution < 1.29 is 33.4 Å². The Hall–Kier alpha value is -3.13. The predicted octanol–water partition coefficient (Wildman–Crippen LogP) is 4.60. The van der Waals surface area contributed by atoms with Gasteiger partial charge in [-0.2, -0.15) is 0 Å². The summed E-state index contributed by atoms with van der Waals surface area (Å²) >= 11 is 0. The molecule has 0 aliphatic carbocycles. The Labute approximate surface area is 186 Å². The summed E-state index contributed by atoms with van der Waals surface area (Å²) in [4.78, 5) is 28.5. The van der Waals surface area contributed by atoms with E-state index in [9.17, 15) is 19.1 Å². The van der Waals surface area contributed by atoms with E-state index in [1.807, 2.05) is 20.8 Å². The maximum absolute atomic E-state index is 14.6. The molecular formula is C24H28FNO6. The van der Waals surface area contributed by atoms with Crippen LogP contribution in [0.2, 0.25) is 0 Å². The predicted molar refractivity (Wildman–Crippen MR) is 116 cm³/mol. The normalized spacial score (nSPS) is 13.5. The van der Waals surface area contributed by atoms with Gasteiger partial charge in [0.2, 0.25) is 0 Å². The molecule has 1 N–H and O–H groups in total. The van der Waals surface area contributed by atoms with Gasteiger partial charge in [0.1, 0.15) is 11.6 Å². The Kier molecular flexibility index (Phi) is 7.69. The third-order valence-electron chi connectivity index (χ3n) is 5.05. The number of aliphatic carboxylic acids is 1. The molecule has 0 amide bonds. The number of carbonyl (C=O) groups excluding carboxylic acids is 1. The van der Waals surface area contributed by atoms with Crippen molar-refractivity contribution in [2.75, 3.05) is 19.8 Å². The molecule has 0 spiro atoms. The van der Waals surface area contributed by atoms with Crippen LogP contribution >= 0.6 is 0 Å². The molecular weight excluding hydrogens is 417 g/mol. The molecule has 172 valence electrons. The second-order valence-corrected chi connectivity index (χ2v) is 8.05. The molecule has 0 radical (unpaired) electrons. The van der Waals surface area contributed by atoms with Gasteiger partial charge < -0.3 is 19.4 Å². The van der Waals surface area contributed by atoms with Crippen LogP contribution < -0.4 is 4.74 Å². The maximum Gasteiger partial charge on any atom is 0.527 e. The van der Waals surface area contributed by atoms with Crippen molar-refractivity contribution in [1.82, 2.24) is 5.06 Å². The lowest BCUT2D eigenvalue weighted by Crippen LogP contribution is -2.34. The number of carbonyl (C=O) groups is 2. The highest BCUT2D eigenvalue weighted by molar-refractivity contribution is 5.77. The summed E-state index contributed by atoms with van der Waals surface area (Å²) in [5, 5.41) is 10.6. The number of rotatable bonds is 8. The topological polar surface area (TPSA) is 85.3 Å². The number of hydrogen-bond acceptors (Lipinski definition) is 6. The Morgan fingerprint density at radius 1 is 1.16 bits per heavy atom. The highest BCUT2D eigenvalue weighted by Crippen LogP contribution is 2.38. The van der Waals surface area contributed by atoms with Gasteiger partial charge in [0.15, 0.2) is 0 Å². The summed E-state index contributed by atoms with van der Waals surface area (Å²) < 4.78 is 25.4. The Morgan fingerprint density at radius 3 is 2.62 bits per heavy atom. The fourth-order valence-electron chi connectivity index (χ4n) is 3.66. The average Bonchev–Trinajstić information content (AvgIpc) is 2.73. The SMILES string of the molecule is CCOc1ccc(CC(=O)O)cc1-c1ccc(F)c2c1CN(OC(=O)OCC(C)C)CC2. The summed E-state index contributed by atoms with van der Waals surface area (Å²) in [7, 11) is 0. The number of nitrogens with zero attached hydrogens (tertiary/aromatic N) is 1. The van der Waals surface area contributed by atoms with E-state index >= 15 is 0 Å². The third kappa shape index (κ3) is 5.76. The van der Waals surface area contributed by atoms with Crippen LogP contribution in [0, 0.1) is 11.7 Å². The number of hydroxylamine groups is 2. The first kappa shape index (κ1) is 23.5. The van der Waals surface area contributed by atoms with E-state index in [0.717, 1.165) is 0 Å². The van der Waals surface area contributed by atoms with E-state index in [1.165, 1.54) is 11.1 Å². The number of fused-ring (bicyclic) bond motifs is 1. The van der Waals surface area contributed by atoms with Crippen LogP contribution in [0.15, 0.2) is 30.3 Å². The van der Waals surface area contributed by atoms with Crippen LogP contribution in [0.4, 0.5) is 9.18 Å². The molecule has 1 aliphatic heterocycles. The Morgan fingerprint density at radius 2 is 1.94 bits per heavy atom. The molecule has 0 bridgehead atoms. The van der Waals surface area contributed by atoms with Gasteiger partial charge in [-0.25, -0.2) is 9.18 Å². The average molecular weight is 445 g/mol. The van der Waals surface area contributed by atoms with Crippen molar-refractivity contribution in [2.45, 2.75) is 40.2 Å². The molecule has 32 heavy (non-hydrogen) atoms. The van der Waals surface area contributed by atoms with Crippen LogP contribution in [-0.4, -0.2) is 42.1 Å². The molecule has 0 aromatic heterocycles. The van der Waals surface area contributed by atoms with Crippen LogP contribution in [0.5, 0.6) is 5.75 Å². The van der Waals surface area contributed by atoms with Crippen molar-refractivity contribution in [2.24, 2.45) is 5.92 Å².